The topological polar surface area (TPSA) is 29.5 Å². The molecular weight excluding hydrogens is 188 g/mol. The highest BCUT2D eigenvalue weighted by molar-refractivity contribution is 4.91. The minimum Gasteiger partial charge on any atom is -0.390 e. The molecule has 1 saturated heterocycles. The van der Waals surface area contributed by atoms with Crippen molar-refractivity contribution < 1.29 is 9.84 Å². The minimum absolute atomic E-state index is 0.440. The van der Waals surface area contributed by atoms with Gasteiger partial charge >= 0.3 is 0 Å². The van der Waals surface area contributed by atoms with Crippen molar-refractivity contribution in [2.45, 2.75) is 57.5 Å². The normalized spacial score (nSPS) is 30.0. The van der Waals surface area contributed by atoms with Crippen molar-refractivity contribution in [2.75, 3.05) is 13.2 Å². The van der Waals surface area contributed by atoms with Crippen molar-refractivity contribution >= 4 is 0 Å². The highest BCUT2D eigenvalue weighted by Crippen LogP contribution is 2.40. The van der Waals surface area contributed by atoms with E-state index in [-0.39, 0.29) is 0 Å². The monoisotopic (exact) mass is 212 g/mol. The second-order valence-electron chi connectivity index (χ2n) is 5.45. The van der Waals surface area contributed by atoms with E-state index in [2.05, 4.69) is 6.92 Å². The third kappa shape index (κ3) is 2.54. The van der Waals surface area contributed by atoms with Gasteiger partial charge in [0, 0.05) is 13.2 Å². The van der Waals surface area contributed by atoms with Gasteiger partial charge in [-0.2, -0.15) is 0 Å². The average molecular weight is 212 g/mol. The number of rotatable bonds is 2. The Balaban J connectivity index is 1.96. The van der Waals surface area contributed by atoms with E-state index in [1.165, 1.54) is 32.1 Å². The highest BCUT2D eigenvalue weighted by atomic mass is 16.5. The van der Waals surface area contributed by atoms with Crippen molar-refractivity contribution in [1.82, 2.24) is 0 Å². The fraction of sp³-hybridized carbons (Fsp3) is 1.00. The Morgan fingerprint density at radius 2 is 1.47 bits per heavy atom. The van der Waals surface area contributed by atoms with E-state index in [9.17, 15) is 5.11 Å². The first kappa shape index (κ1) is 11.4. The zero-order valence-electron chi connectivity index (χ0n) is 9.87. The molecule has 0 spiro atoms. The lowest BCUT2D eigenvalue weighted by Crippen LogP contribution is -2.45. The lowest BCUT2D eigenvalue weighted by Gasteiger charge is -2.43. The first-order valence-corrected chi connectivity index (χ1v) is 6.51. The van der Waals surface area contributed by atoms with Crippen LogP contribution in [-0.2, 0) is 4.74 Å². The molecule has 2 nitrogen and oxygen atoms in total. The standard InChI is InChI=1S/C13H24O2/c1-13(14,11-5-3-2-4-6-11)12-7-9-15-10-8-12/h11-12,14H,2-10H2,1H3. The predicted molar refractivity (Wildman–Crippen MR) is 60.7 cm³/mol. The molecule has 1 N–H and O–H groups in total. The third-order valence-electron chi connectivity index (χ3n) is 4.48. The number of hydrogen-bond acceptors (Lipinski definition) is 2. The van der Waals surface area contributed by atoms with Gasteiger partial charge in [-0.15, -0.1) is 0 Å². The molecule has 15 heavy (non-hydrogen) atoms. The predicted octanol–water partition coefficient (Wildman–Crippen LogP) is 2.74. The maximum atomic E-state index is 10.7. The molecule has 2 heteroatoms. The molecular formula is C13H24O2. The summed E-state index contributed by atoms with van der Waals surface area (Å²) in [5.74, 6) is 1.00. The summed E-state index contributed by atoms with van der Waals surface area (Å²) >= 11 is 0. The van der Waals surface area contributed by atoms with Crippen LogP contribution in [0.15, 0.2) is 0 Å². The van der Waals surface area contributed by atoms with Gasteiger partial charge in [-0.3, -0.25) is 0 Å². The van der Waals surface area contributed by atoms with Crippen LogP contribution in [0.2, 0.25) is 0 Å². The molecule has 1 aliphatic carbocycles. The van der Waals surface area contributed by atoms with Gasteiger partial charge in [0.1, 0.15) is 0 Å². The second kappa shape index (κ2) is 4.84. The van der Waals surface area contributed by atoms with E-state index in [1.54, 1.807) is 0 Å². The lowest BCUT2D eigenvalue weighted by molar-refractivity contribution is -0.0982. The first-order chi connectivity index (χ1) is 7.21. The van der Waals surface area contributed by atoms with Crippen molar-refractivity contribution in [3.05, 3.63) is 0 Å². The smallest absolute Gasteiger partial charge is 0.0677 e. The van der Waals surface area contributed by atoms with E-state index in [4.69, 9.17) is 4.74 Å². The largest absolute Gasteiger partial charge is 0.390 e. The number of ether oxygens (including phenoxy) is 1. The van der Waals surface area contributed by atoms with Gasteiger partial charge in [0.2, 0.25) is 0 Å². The highest BCUT2D eigenvalue weighted by Gasteiger charge is 2.40. The molecule has 1 heterocycles. The molecule has 1 aliphatic heterocycles. The maximum Gasteiger partial charge on any atom is 0.0677 e. The number of aliphatic hydroxyl groups is 1. The molecule has 2 aliphatic rings. The van der Waals surface area contributed by atoms with Crippen LogP contribution >= 0.6 is 0 Å². The van der Waals surface area contributed by atoms with Crippen molar-refractivity contribution in [3.63, 3.8) is 0 Å². The maximum absolute atomic E-state index is 10.7. The quantitative estimate of drug-likeness (QED) is 0.762. The van der Waals surface area contributed by atoms with Crippen LogP contribution in [0, 0.1) is 11.8 Å². The van der Waals surface area contributed by atoms with Gasteiger partial charge < -0.3 is 9.84 Å². The van der Waals surface area contributed by atoms with Crippen LogP contribution in [0.25, 0.3) is 0 Å². The van der Waals surface area contributed by atoms with Gasteiger partial charge in [-0.25, -0.2) is 0 Å². The van der Waals surface area contributed by atoms with Crippen LogP contribution in [0.3, 0.4) is 0 Å². The fourth-order valence-electron chi connectivity index (χ4n) is 3.30. The molecule has 2 rings (SSSR count). The summed E-state index contributed by atoms with van der Waals surface area (Å²) in [4.78, 5) is 0. The summed E-state index contributed by atoms with van der Waals surface area (Å²) in [6.45, 7) is 3.75. The SMILES string of the molecule is CC(O)(C1CCCCC1)C1CCOCC1. The Labute approximate surface area is 93.0 Å². The first-order valence-electron chi connectivity index (χ1n) is 6.51. The Hall–Kier alpha value is -0.0800. The zero-order chi connectivity index (χ0) is 10.7. The van der Waals surface area contributed by atoms with Crippen molar-refractivity contribution in [1.29, 1.82) is 0 Å². The summed E-state index contributed by atoms with van der Waals surface area (Å²) in [5.41, 5.74) is -0.440. The molecule has 0 bridgehead atoms. The summed E-state index contributed by atoms with van der Waals surface area (Å²) in [7, 11) is 0. The molecule has 0 radical (unpaired) electrons. The molecule has 0 aromatic heterocycles. The number of hydrogen-bond donors (Lipinski definition) is 1. The van der Waals surface area contributed by atoms with Gasteiger partial charge in [0.15, 0.2) is 0 Å². The Morgan fingerprint density at radius 3 is 2.07 bits per heavy atom. The lowest BCUT2D eigenvalue weighted by atomic mass is 9.69. The molecule has 2 fully saturated rings. The summed E-state index contributed by atoms with van der Waals surface area (Å²) in [6, 6.07) is 0. The van der Waals surface area contributed by atoms with Gasteiger partial charge in [0.25, 0.3) is 0 Å². The van der Waals surface area contributed by atoms with E-state index >= 15 is 0 Å². The van der Waals surface area contributed by atoms with E-state index in [0.717, 1.165) is 26.1 Å². The Morgan fingerprint density at radius 1 is 0.933 bits per heavy atom. The summed E-state index contributed by atoms with van der Waals surface area (Å²) < 4.78 is 5.37. The zero-order valence-corrected chi connectivity index (χ0v) is 9.87. The van der Waals surface area contributed by atoms with Crippen molar-refractivity contribution in [3.8, 4) is 0 Å². The third-order valence-corrected chi connectivity index (χ3v) is 4.48. The van der Waals surface area contributed by atoms with Crippen LogP contribution in [0.1, 0.15) is 51.9 Å². The van der Waals surface area contributed by atoms with Crippen LogP contribution in [-0.4, -0.2) is 23.9 Å². The molecule has 88 valence electrons. The van der Waals surface area contributed by atoms with Gasteiger partial charge in [-0.05, 0) is 44.4 Å². The molecule has 1 atom stereocenters. The van der Waals surface area contributed by atoms with Crippen LogP contribution in [0.4, 0.5) is 0 Å². The Bertz CT molecular complexity index is 169. The Kier molecular flexibility index (Phi) is 3.68. The van der Waals surface area contributed by atoms with E-state index in [0.29, 0.717) is 11.8 Å². The molecule has 0 aromatic carbocycles. The van der Waals surface area contributed by atoms with Crippen molar-refractivity contribution in [2.24, 2.45) is 11.8 Å². The summed E-state index contributed by atoms with van der Waals surface area (Å²) in [5, 5.41) is 10.7. The fourth-order valence-corrected chi connectivity index (χ4v) is 3.30. The molecule has 1 unspecified atom stereocenters. The van der Waals surface area contributed by atoms with Gasteiger partial charge in [0.05, 0.1) is 5.60 Å². The molecule has 1 saturated carbocycles. The second-order valence-corrected chi connectivity index (χ2v) is 5.45. The van der Waals surface area contributed by atoms with Gasteiger partial charge in [-0.1, -0.05) is 19.3 Å². The minimum atomic E-state index is -0.440. The van der Waals surface area contributed by atoms with E-state index < -0.39 is 5.60 Å². The molecule has 0 aromatic rings. The van der Waals surface area contributed by atoms with Crippen LogP contribution in [0.5, 0.6) is 0 Å². The summed E-state index contributed by atoms with van der Waals surface area (Å²) in [6.07, 6.45) is 8.52. The van der Waals surface area contributed by atoms with E-state index in [1.807, 2.05) is 0 Å². The average Bonchev–Trinajstić information content (AvgIpc) is 2.31. The molecule has 0 amide bonds. The van der Waals surface area contributed by atoms with Crippen LogP contribution < -0.4 is 0 Å².